The van der Waals surface area contributed by atoms with Gasteiger partial charge in [-0.15, -0.1) is 0 Å². The molecule has 0 radical (unpaired) electrons. The Morgan fingerprint density at radius 3 is 2.04 bits per heavy atom. The topological polar surface area (TPSA) is 122 Å². The fourth-order valence-corrected chi connectivity index (χ4v) is 2.59. The number of benzene rings is 2. The second-order valence-corrected chi connectivity index (χ2v) is 5.97. The Kier molecular flexibility index (Phi) is 7.85. The van der Waals surface area contributed by atoms with Crippen molar-refractivity contribution in [3.05, 3.63) is 42.5 Å². The molecule has 2 aromatic carbocycles. The first-order valence-electron chi connectivity index (χ1n) is 8.87. The number of anilines is 1. The van der Waals surface area contributed by atoms with E-state index in [4.69, 9.17) is 11.5 Å². The van der Waals surface area contributed by atoms with Crippen LogP contribution in [0.15, 0.2) is 42.5 Å². The maximum Gasteiger partial charge on any atom is 0.252 e. The van der Waals surface area contributed by atoms with Crippen molar-refractivity contribution < 1.29 is 9.59 Å². The van der Waals surface area contributed by atoms with Crippen LogP contribution in [0.1, 0.15) is 12.8 Å². The first-order valence-corrected chi connectivity index (χ1v) is 8.87. The zero-order valence-electron chi connectivity index (χ0n) is 14.8. The van der Waals surface area contributed by atoms with Crippen LogP contribution in [0.25, 0.3) is 10.8 Å². The maximum absolute atomic E-state index is 12.5. The lowest BCUT2D eigenvalue weighted by atomic mass is 10.1. The lowest BCUT2D eigenvalue weighted by molar-refractivity contribution is -0.130. The van der Waals surface area contributed by atoms with Gasteiger partial charge in [-0.1, -0.05) is 36.4 Å². The van der Waals surface area contributed by atoms with E-state index in [9.17, 15) is 9.59 Å². The molecule has 0 unspecified atom stereocenters. The highest BCUT2D eigenvalue weighted by atomic mass is 16.2. The monoisotopic (exact) mass is 357 g/mol. The minimum absolute atomic E-state index is 0.378. The summed E-state index contributed by atoms with van der Waals surface area (Å²) in [5.41, 5.74) is 11.7. The molecular formula is C19H27N5O2. The van der Waals surface area contributed by atoms with E-state index in [2.05, 4.69) is 16.0 Å². The molecule has 0 bridgehead atoms. The average molecular weight is 357 g/mol. The number of hydrogen-bond acceptors (Lipinski definition) is 5. The van der Waals surface area contributed by atoms with Gasteiger partial charge in [-0.3, -0.25) is 9.59 Å². The molecule has 26 heavy (non-hydrogen) atoms. The summed E-state index contributed by atoms with van der Waals surface area (Å²) in [6, 6.07) is 12.5. The van der Waals surface area contributed by atoms with Gasteiger partial charge in [0.2, 0.25) is 0 Å². The third kappa shape index (κ3) is 5.44. The summed E-state index contributed by atoms with van der Waals surface area (Å²) in [6.45, 7) is 1.81. The molecule has 0 heterocycles. The quantitative estimate of drug-likeness (QED) is 0.314. The number of nitrogens with one attached hydrogen (secondary N) is 3. The summed E-state index contributed by atoms with van der Waals surface area (Å²) in [6.07, 6.45) is 1.31. The number of amides is 2. The fourth-order valence-electron chi connectivity index (χ4n) is 2.59. The van der Waals surface area contributed by atoms with Gasteiger partial charge in [0, 0.05) is 24.2 Å². The first-order chi connectivity index (χ1) is 12.7. The van der Waals surface area contributed by atoms with Gasteiger partial charge in [-0.2, -0.15) is 0 Å². The van der Waals surface area contributed by atoms with Crippen LogP contribution in [0, 0.1) is 0 Å². The van der Waals surface area contributed by atoms with E-state index in [1.807, 2.05) is 42.5 Å². The largest absolute Gasteiger partial charge is 0.366 e. The van der Waals surface area contributed by atoms with Gasteiger partial charge in [0.15, 0.2) is 6.04 Å². The standard InChI is InChI=1S/C19H27N5O2/c20-10-4-12-22-18(25)17(19(26)23-13-5-11-21)24-16-9-3-7-14-6-1-2-8-15(14)16/h1-3,6-9,17,24H,4-5,10-13,20-21H2,(H,22,25)(H,23,26). The minimum Gasteiger partial charge on any atom is -0.366 e. The number of carbonyl (C=O) groups excluding carboxylic acids is 2. The first kappa shape index (κ1) is 19.7. The van der Waals surface area contributed by atoms with Crippen molar-refractivity contribution in [3.63, 3.8) is 0 Å². The van der Waals surface area contributed by atoms with Crippen LogP contribution < -0.4 is 27.4 Å². The Morgan fingerprint density at radius 2 is 1.42 bits per heavy atom. The Labute approximate surface area is 153 Å². The van der Waals surface area contributed by atoms with Gasteiger partial charge < -0.3 is 27.4 Å². The summed E-state index contributed by atoms with van der Waals surface area (Å²) in [5, 5.41) is 10.6. The van der Waals surface area contributed by atoms with Crippen molar-refractivity contribution in [2.24, 2.45) is 11.5 Å². The molecule has 2 aromatic rings. The van der Waals surface area contributed by atoms with Crippen LogP contribution >= 0.6 is 0 Å². The van der Waals surface area contributed by atoms with Crippen molar-refractivity contribution in [3.8, 4) is 0 Å². The second-order valence-electron chi connectivity index (χ2n) is 5.97. The molecule has 0 atom stereocenters. The van der Waals surface area contributed by atoms with Crippen molar-refractivity contribution in [2.45, 2.75) is 18.9 Å². The normalized spacial score (nSPS) is 10.7. The van der Waals surface area contributed by atoms with Crippen molar-refractivity contribution in [1.29, 1.82) is 0 Å². The van der Waals surface area contributed by atoms with Crippen LogP contribution in [0.2, 0.25) is 0 Å². The van der Waals surface area contributed by atoms with E-state index in [0.717, 1.165) is 16.5 Å². The minimum atomic E-state index is -1.03. The number of carbonyl (C=O) groups is 2. The van der Waals surface area contributed by atoms with Gasteiger partial charge >= 0.3 is 0 Å². The predicted octanol–water partition coefficient (Wildman–Crippen LogP) is 0.550. The summed E-state index contributed by atoms with van der Waals surface area (Å²) in [7, 11) is 0. The summed E-state index contributed by atoms with van der Waals surface area (Å²) in [4.78, 5) is 25.1. The van der Waals surface area contributed by atoms with Gasteiger partial charge in [0.05, 0.1) is 0 Å². The number of fused-ring (bicyclic) bond motifs is 1. The van der Waals surface area contributed by atoms with Crippen LogP contribution in [0.4, 0.5) is 5.69 Å². The highest BCUT2D eigenvalue weighted by Crippen LogP contribution is 2.23. The number of hydrogen-bond donors (Lipinski definition) is 5. The molecule has 0 saturated heterocycles. The van der Waals surface area contributed by atoms with E-state index in [-0.39, 0.29) is 11.8 Å². The smallest absolute Gasteiger partial charge is 0.252 e. The Balaban J connectivity index is 2.18. The summed E-state index contributed by atoms with van der Waals surface area (Å²) < 4.78 is 0. The molecule has 0 saturated carbocycles. The Hall–Kier alpha value is -2.64. The average Bonchev–Trinajstić information content (AvgIpc) is 2.66. The zero-order valence-corrected chi connectivity index (χ0v) is 14.8. The molecule has 0 aliphatic carbocycles. The second kappa shape index (κ2) is 10.4. The SMILES string of the molecule is NCCCNC(=O)C(Nc1cccc2ccccc12)C(=O)NCCCN. The molecule has 140 valence electrons. The van der Waals surface area contributed by atoms with E-state index >= 15 is 0 Å². The molecule has 0 spiro atoms. The molecule has 7 N–H and O–H groups in total. The molecule has 0 aliphatic rings. The summed E-state index contributed by atoms with van der Waals surface area (Å²) >= 11 is 0. The van der Waals surface area contributed by atoms with Crippen molar-refractivity contribution in [2.75, 3.05) is 31.5 Å². The lowest BCUT2D eigenvalue weighted by Crippen LogP contribution is -2.50. The Bertz CT molecular complexity index is 707. The van der Waals surface area contributed by atoms with Crippen LogP contribution in [0.3, 0.4) is 0 Å². The van der Waals surface area contributed by atoms with Crippen LogP contribution in [-0.2, 0) is 9.59 Å². The fraction of sp³-hybridized carbons (Fsp3) is 0.368. The number of rotatable bonds is 10. The van der Waals surface area contributed by atoms with E-state index in [1.165, 1.54) is 0 Å². The van der Waals surface area contributed by atoms with Gasteiger partial charge in [0.25, 0.3) is 11.8 Å². The van der Waals surface area contributed by atoms with E-state index < -0.39 is 6.04 Å². The van der Waals surface area contributed by atoms with E-state index in [1.54, 1.807) is 0 Å². The van der Waals surface area contributed by atoms with E-state index in [0.29, 0.717) is 39.0 Å². The predicted molar refractivity (Wildman–Crippen MR) is 105 cm³/mol. The third-order valence-corrected chi connectivity index (χ3v) is 3.97. The molecule has 0 fully saturated rings. The van der Waals surface area contributed by atoms with Gasteiger partial charge in [-0.25, -0.2) is 0 Å². The molecule has 0 aromatic heterocycles. The highest BCUT2D eigenvalue weighted by Gasteiger charge is 2.26. The molecule has 2 rings (SSSR count). The van der Waals surface area contributed by atoms with Crippen LogP contribution in [-0.4, -0.2) is 44.0 Å². The Morgan fingerprint density at radius 1 is 0.846 bits per heavy atom. The molecule has 7 heteroatoms. The number of nitrogens with two attached hydrogens (primary N) is 2. The van der Waals surface area contributed by atoms with Gasteiger partial charge in [-0.05, 0) is 37.4 Å². The zero-order chi connectivity index (χ0) is 18.8. The van der Waals surface area contributed by atoms with Crippen molar-refractivity contribution >= 4 is 28.3 Å². The molecule has 2 amide bonds. The van der Waals surface area contributed by atoms with Crippen LogP contribution in [0.5, 0.6) is 0 Å². The maximum atomic E-state index is 12.5. The summed E-state index contributed by atoms with van der Waals surface area (Å²) in [5.74, 6) is -0.756. The molecule has 0 aliphatic heterocycles. The highest BCUT2D eigenvalue weighted by molar-refractivity contribution is 6.08. The van der Waals surface area contributed by atoms with Gasteiger partial charge in [0.1, 0.15) is 0 Å². The van der Waals surface area contributed by atoms with Crippen molar-refractivity contribution in [1.82, 2.24) is 10.6 Å². The third-order valence-electron chi connectivity index (χ3n) is 3.97. The lowest BCUT2D eigenvalue weighted by Gasteiger charge is -2.20. The molecule has 7 nitrogen and oxygen atoms in total. The molecular weight excluding hydrogens is 330 g/mol.